The van der Waals surface area contributed by atoms with E-state index < -0.39 is 11.8 Å². The molecule has 2 aliphatic carbocycles. The predicted molar refractivity (Wildman–Crippen MR) is 160 cm³/mol. The number of nitrogens with one attached hydrogen (secondary N) is 1. The minimum absolute atomic E-state index is 0.378. The van der Waals surface area contributed by atoms with Gasteiger partial charge in [-0.05, 0) is 91.3 Å². The molecule has 9 heteroatoms. The Bertz CT molecular complexity index is 1350. The van der Waals surface area contributed by atoms with Crippen LogP contribution < -0.4 is 5.32 Å². The monoisotopic (exact) mass is 557 g/mol. The van der Waals surface area contributed by atoms with Gasteiger partial charge in [0.2, 0.25) is 0 Å². The third kappa shape index (κ3) is 5.69. The van der Waals surface area contributed by atoms with Crippen molar-refractivity contribution in [2.24, 2.45) is 9.98 Å². The average Bonchev–Trinajstić information content (AvgIpc) is 3.56. The van der Waals surface area contributed by atoms with Crippen molar-refractivity contribution in [1.82, 2.24) is 15.1 Å². The quantitative estimate of drug-likeness (QED) is 0.367. The maximum Gasteiger partial charge on any atom is 0.259 e. The minimum atomic E-state index is -0.400. The molecule has 0 fully saturated rings. The third-order valence-electron chi connectivity index (χ3n) is 7.78. The molecular formula is C32H39N5O4. The molecule has 0 radical (unpaired) electrons. The predicted octanol–water partition coefficient (Wildman–Crippen LogP) is 3.76. The highest BCUT2D eigenvalue weighted by atomic mass is 16.5. The van der Waals surface area contributed by atoms with Crippen LogP contribution in [0.5, 0.6) is 0 Å². The van der Waals surface area contributed by atoms with Crippen LogP contribution in [0.25, 0.3) is 0 Å². The number of amides is 2. The second kappa shape index (κ2) is 12.0. The average molecular weight is 558 g/mol. The van der Waals surface area contributed by atoms with E-state index in [1.807, 2.05) is 52.5 Å². The zero-order valence-electron chi connectivity index (χ0n) is 24.9. The zero-order chi connectivity index (χ0) is 29.3. The molecule has 0 spiro atoms. The van der Waals surface area contributed by atoms with Crippen LogP contribution in [0.3, 0.4) is 0 Å². The number of aliphatic imine (C=N–C) groups is 2. The van der Waals surface area contributed by atoms with E-state index in [0.29, 0.717) is 36.8 Å². The number of rotatable bonds is 12. The number of carbonyl (C=O) groups is 2. The van der Waals surface area contributed by atoms with Gasteiger partial charge in [-0.3, -0.25) is 24.9 Å². The van der Waals surface area contributed by atoms with Gasteiger partial charge in [0.15, 0.2) is 0 Å². The number of methoxy groups -OCH3 is 2. The summed E-state index contributed by atoms with van der Waals surface area (Å²) in [7, 11) is 11.4. The molecule has 5 aliphatic rings. The number of allylic oxidation sites excluding steroid dienone is 8. The van der Waals surface area contributed by atoms with Crippen LogP contribution in [0, 0.1) is 0 Å². The maximum atomic E-state index is 13.7. The summed E-state index contributed by atoms with van der Waals surface area (Å²) in [4.78, 5) is 41.7. The van der Waals surface area contributed by atoms with Gasteiger partial charge in [0.25, 0.3) is 11.8 Å². The summed E-state index contributed by atoms with van der Waals surface area (Å²) in [5, 5.41) is 2.62. The lowest BCUT2D eigenvalue weighted by molar-refractivity contribution is -0.124. The lowest BCUT2D eigenvalue weighted by atomic mass is 9.83. The number of hydrogen-bond acceptors (Lipinski definition) is 8. The third-order valence-corrected chi connectivity index (χ3v) is 7.78. The summed E-state index contributed by atoms with van der Waals surface area (Å²) in [6, 6.07) is 0. The molecule has 0 aromatic rings. The Balaban J connectivity index is 1.69. The van der Waals surface area contributed by atoms with Gasteiger partial charge >= 0.3 is 0 Å². The van der Waals surface area contributed by atoms with Gasteiger partial charge in [-0.2, -0.15) is 0 Å². The molecule has 0 unspecified atom stereocenters. The van der Waals surface area contributed by atoms with Crippen LogP contribution in [0.15, 0.2) is 90.6 Å². The fourth-order valence-corrected chi connectivity index (χ4v) is 5.84. The van der Waals surface area contributed by atoms with Crippen LogP contribution in [0.2, 0.25) is 0 Å². The fourth-order valence-electron chi connectivity index (χ4n) is 5.84. The molecule has 0 bridgehead atoms. The molecular weight excluding hydrogens is 518 g/mol. The maximum absolute atomic E-state index is 13.7. The molecule has 3 aliphatic heterocycles. The highest BCUT2D eigenvalue weighted by Gasteiger charge is 2.43. The number of ether oxygens (including phenoxy) is 2. The van der Waals surface area contributed by atoms with Crippen molar-refractivity contribution in [2.45, 2.75) is 38.5 Å². The summed E-state index contributed by atoms with van der Waals surface area (Å²) >= 11 is 0. The molecule has 0 saturated carbocycles. The summed E-state index contributed by atoms with van der Waals surface area (Å²) in [6.07, 6.45) is 12.2. The number of hydrogen-bond donors (Lipinski definition) is 1. The van der Waals surface area contributed by atoms with Crippen LogP contribution in [-0.4, -0.2) is 88.5 Å². The molecule has 5 rings (SSSR count). The molecule has 2 amide bonds. The Kier molecular flexibility index (Phi) is 8.37. The Labute approximate surface area is 242 Å². The van der Waals surface area contributed by atoms with Crippen LogP contribution in [0.1, 0.15) is 38.5 Å². The van der Waals surface area contributed by atoms with Gasteiger partial charge in [0.05, 0.1) is 36.8 Å². The Morgan fingerprint density at radius 3 is 1.49 bits per heavy atom. The van der Waals surface area contributed by atoms with E-state index in [4.69, 9.17) is 19.5 Å². The topological polar surface area (TPSA) is 95.8 Å². The molecule has 3 heterocycles. The van der Waals surface area contributed by atoms with E-state index in [9.17, 15) is 9.59 Å². The molecule has 0 atom stereocenters. The second-order valence-corrected chi connectivity index (χ2v) is 11.3. The Morgan fingerprint density at radius 2 is 1.12 bits per heavy atom. The van der Waals surface area contributed by atoms with Crippen molar-refractivity contribution in [3.63, 3.8) is 0 Å². The normalized spacial score (nSPS) is 20.2. The first-order chi connectivity index (χ1) is 19.7. The van der Waals surface area contributed by atoms with E-state index in [1.165, 1.54) is 0 Å². The molecule has 0 aromatic carbocycles. The fraction of sp³-hybridized carbons (Fsp3) is 0.438. The van der Waals surface area contributed by atoms with E-state index >= 15 is 0 Å². The van der Waals surface area contributed by atoms with Gasteiger partial charge in [-0.1, -0.05) is 0 Å². The van der Waals surface area contributed by atoms with Crippen LogP contribution in [-0.2, 0) is 19.1 Å². The van der Waals surface area contributed by atoms with E-state index in [0.717, 1.165) is 82.6 Å². The van der Waals surface area contributed by atoms with Crippen molar-refractivity contribution >= 4 is 23.2 Å². The second-order valence-electron chi connectivity index (χ2n) is 11.3. The van der Waals surface area contributed by atoms with Crippen molar-refractivity contribution in [3.05, 3.63) is 80.7 Å². The highest BCUT2D eigenvalue weighted by molar-refractivity contribution is 6.28. The van der Waals surface area contributed by atoms with E-state index in [1.54, 1.807) is 14.2 Å². The molecule has 9 nitrogen and oxygen atoms in total. The van der Waals surface area contributed by atoms with Gasteiger partial charge in [-0.25, -0.2) is 0 Å². The number of nitrogens with zero attached hydrogens (tertiary/aromatic N) is 4. The summed E-state index contributed by atoms with van der Waals surface area (Å²) < 4.78 is 11.1. The van der Waals surface area contributed by atoms with Crippen molar-refractivity contribution in [3.8, 4) is 0 Å². The van der Waals surface area contributed by atoms with Gasteiger partial charge in [0.1, 0.15) is 11.5 Å². The van der Waals surface area contributed by atoms with Crippen molar-refractivity contribution in [1.29, 1.82) is 0 Å². The number of carbonyl (C=O) groups excluding carboxylic acids is 2. The van der Waals surface area contributed by atoms with Gasteiger partial charge in [0, 0.05) is 46.5 Å². The van der Waals surface area contributed by atoms with Crippen LogP contribution >= 0.6 is 0 Å². The standard InChI is InChI=1S/C32H39N5O4/c1-36(2)15-7-9-25-27(21-17-19(40-5)11-13-23(21)33-25)29-30(32(39)35-31(29)38)28-22-18-20(41-6)12-14-24(22)34-26(28)10-8-16-37(3)4/h11-12,17-18H,7-10,13-16H2,1-6H3,(H,35,38,39). The van der Waals surface area contributed by atoms with E-state index in [-0.39, 0.29) is 0 Å². The van der Waals surface area contributed by atoms with Gasteiger partial charge in [-0.15, -0.1) is 0 Å². The Hall–Kier alpha value is -3.82. The lowest BCUT2D eigenvalue weighted by Gasteiger charge is -2.18. The molecule has 41 heavy (non-hydrogen) atoms. The first kappa shape index (κ1) is 28.7. The minimum Gasteiger partial charge on any atom is -0.497 e. The number of imide groups is 1. The molecule has 216 valence electrons. The molecule has 1 N–H and O–H groups in total. The largest absolute Gasteiger partial charge is 0.497 e. The Morgan fingerprint density at radius 1 is 0.707 bits per heavy atom. The summed E-state index contributed by atoms with van der Waals surface area (Å²) in [6.45, 7) is 1.77. The van der Waals surface area contributed by atoms with E-state index in [2.05, 4.69) is 15.1 Å². The first-order valence-corrected chi connectivity index (χ1v) is 14.2. The van der Waals surface area contributed by atoms with Crippen molar-refractivity contribution in [2.75, 3.05) is 55.5 Å². The molecule has 0 aromatic heterocycles. The van der Waals surface area contributed by atoms with Crippen LogP contribution in [0.4, 0.5) is 0 Å². The summed E-state index contributed by atoms with van der Waals surface area (Å²) in [5.74, 6) is 0.641. The smallest absolute Gasteiger partial charge is 0.259 e. The lowest BCUT2D eigenvalue weighted by Crippen LogP contribution is -2.24. The zero-order valence-corrected chi connectivity index (χ0v) is 24.9. The van der Waals surface area contributed by atoms with Crippen molar-refractivity contribution < 1.29 is 19.1 Å². The van der Waals surface area contributed by atoms with Gasteiger partial charge < -0.3 is 19.3 Å². The number of fused-ring (bicyclic) bond motifs is 2. The first-order valence-electron chi connectivity index (χ1n) is 14.2. The molecule has 0 saturated heterocycles. The highest BCUT2D eigenvalue weighted by Crippen LogP contribution is 2.45. The summed E-state index contributed by atoms with van der Waals surface area (Å²) in [5.41, 5.74) is 7.37. The SMILES string of the molecule is COC1=CCC2=NC(CCCN(C)C)=C(C3=C(C4=C(CCCN(C)C)N=C5CC=C(OC)C=C54)C(=O)NC3=O)C2=C1.